The maximum absolute atomic E-state index is 13.2. The Balaban J connectivity index is 1.73. The SMILES string of the molecule is N#Cc1ccc(OCC2CN(c3ccc(C#N)c(C(F)(F)F)c3)C(CO)O2)cc1. The Morgan fingerprint density at radius 3 is 2.45 bits per heavy atom. The molecule has 0 aliphatic carbocycles. The van der Waals surface area contributed by atoms with E-state index < -0.39 is 36.2 Å². The lowest BCUT2D eigenvalue weighted by atomic mass is 10.1. The molecule has 9 heteroatoms. The van der Waals surface area contributed by atoms with Crippen LogP contribution in [0.5, 0.6) is 5.75 Å². The summed E-state index contributed by atoms with van der Waals surface area (Å²) in [4.78, 5) is 1.50. The molecular formula is C20H16F3N3O3. The summed E-state index contributed by atoms with van der Waals surface area (Å²) < 4.78 is 51.0. The highest BCUT2D eigenvalue weighted by Gasteiger charge is 2.37. The number of hydrogen-bond acceptors (Lipinski definition) is 6. The van der Waals surface area contributed by atoms with Crippen molar-refractivity contribution in [3.63, 3.8) is 0 Å². The Kier molecular flexibility index (Phi) is 5.92. The number of halogens is 3. The summed E-state index contributed by atoms with van der Waals surface area (Å²) in [5.74, 6) is 0.518. The molecule has 1 aliphatic rings. The normalized spacial score (nSPS) is 18.9. The average Bonchev–Trinajstić information content (AvgIpc) is 3.15. The van der Waals surface area contributed by atoms with Gasteiger partial charge >= 0.3 is 6.18 Å². The first-order chi connectivity index (χ1) is 13.9. The molecule has 3 rings (SSSR count). The zero-order valence-electron chi connectivity index (χ0n) is 15.1. The van der Waals surface area contributed by atoms with Gasteiger partial charge in [0.05, 0.1) is 42.0 Å². The van der Waals surface area contributed by atoms with Crippen molar-refractivity contribution in [2.45, 2.75) is 18.5 Å². The highest BCUT2D eigenvalue weighted by molar-refractivity contribution is 5.55. The maximum atomic E-state index is 13.2. The van der Waals surface area contributed by atoms with Crippen LogP contribution < -0.4 is 9.64 Å². The molecule has 150 valence electrons. The third-order valence-corrected chi connectivity index (χ3v) is 4.43. The maximum Gasteiger partial charge on any atom is 0.417 e. The fraction of sp³-hybridized carbons (Fsp3) is 0.300. The van der Waals surface area contributed by atoms with E-state index in [4.69, 9.17) is 20.0 Å². The number of anilines is 1. The lowest BCUT2D eigenvalue weighted by Gasteiger charge is -2.24. The third-order valence-electron chi connectivity index (χ3n) is 4.43. The van der Waals surface area contributed by atoms with Crippen molar-refractivity contribution in [1.29, 1.82) is 10.5 Å². The molecule has 0 aromatic heterocycles. The first-order valence-electron chi connectivity index (χ1n) is 8.63. The van der Waals surface area contributed by atoms with Gasteiger partial charge in [-0.25, -0.2) is 0 Å². The largest absolute Gasteiger partial charge is 0.491 e. The molecule has 2 atom stereocenters. The molecule has 1 saturated heterocycles. The van der Waals surface area contributed by atoms with Crippen molar-refractivity contribution in [2.75, 3.05) is 24.7 Å². The molecule has 1 heterocycles. The summed E-state index contributed by atoms with van der Waals surface area (Å²) in [6, 6.07) is 13.4. The Morgan fingerprint density at radius 1 is 1.14 bits per heavy atom. The van der Waals surface area contributed by atoms with E-state index in [1.807, 2.05) is 6.07 Å². The van der Waals surface area contributed by atoms with Crippen LogP contribution in [0.4, 0.5) is 18.9 Å². The molecule has 0 radical (unpaired) electrons. The van der Waals surface area contributed by atoms with Crippen LogP contribution in [0.3, 0.4) is 0 Å². The van der Waals surface area contributed by atoms with Crippen molar-refractivity contribution in [1.82, 2.24) is 0 Å². The van der Waals surface area contributed by atoms with Crippen LogP contribution in [0.1, 0.15) is 16.7 Å². The van der Waals surface area contributed by atoms with Crippen molar-refractivity contribution in [3.8, 4) is 17.9 Å². The average molecular weight is 403 g/mol. The molecule has 0 spiro atoms. The molecule has 2 aromatic rings. The molecule has 2 unspecified atom stereocenters. The molecule has 1 N–H and O–H groups in total. The van der Waals surface area contributed by atoms with Gasteiger partial charge in [0.25, 0.3) is 0 Å². The summed E-state index contributed by atoms with van der Waals surface area (Å²) in [7, 11) is 0. The van der Waals surface area contributed by atoms with Crippen LogP contribution in [-0.2, 0) is 10.9 Å². The fourth-order valence-corrected chi connectivity index (χ4v) is 3.04. The smallest absolute Gasteiger partial charge is 0.417 e. The summed E-state index contributed by atoms with van der Waals surface area (Å²) >= 11 is 0. The lowest BCUT2D eigenvalue weighted by molar-refractivity contribution is -0.137. The van der Waals surface area contributed by atoms with Gasteiger partial charge in [-0.3, -0.25) is 0 Å². The second kappa shape index (κ2) is 8.39. The van der Waals surface area contributed by atoms with Gasteiger partial charge in [0.15, 0.2) is 6.23 Å². The van der Waals surface area contributed by atoms with Crippen molar-refractivity contribution < 1.29 is 27.8 Å². The predicted octanol–water partition coefficient (Wildman–Crippen LogP) is 3.05. The van der Waals surface area contributed by atoms with Gasteiger partial charge in [-0.15, -0.1) is 0 Å². The van der Waals surface area contributed by atoms with Gasteiger partial charge in [0.2, 0.25) is 0 Å². The van der Waals surface area contributed by atoms with Crippen molar-refractivity contribution in [2.24, 2.45) is 0 Å². The summed E-state index contributed by atoms with van der Waals surface area (Å²) in [5, 5.41) is 27.3. The number of rotatable bonds is 5. The van der Waals surface area contributed by atoms with Gasteiger partial charge in [-0.2, -0.15) is 23.7 Å². The first-order valence-corrected chi connectivity index (χ1v) is 8.63. The highest BCUT2D eigenvalue weighted by atomic mass is 19.4. The van der Waals surface area contributed by atoms with E-state index in [9.17, 15) is 18.3 Å². The topological polar surface area (TPSA) is 89.5 Å². The second-order valence-electron chi connectivity index (χ2n) is 6.33. The highest BCUT2D eigenvalue weighted by Crippen LogP contribution is 2.36. The molecule has 2 aromatic carbocycles. The number of alkyl halides is 3. The zero-order chi connectivity index (χ0) is 21.0. The van der Waals surface area contributed by atoms with Gasteiger partial charge in [0.1, 0.15) is 18.5 Å². The van der Waals surface area contributed by atoms with E-state index in [0.29, 0.717) is 11.3 Å². The molecule has 0 amide bonds. The molecule has 6 nitrogen and oxygen atoms in total. The van der Waals surface area contributed by atoms with Gasteiger partial charge in [-0.05, 0) is 42.5 Å². The molecule has 1 fully saturated rings. The van der Waals surface area contributed by atoms with E-state index in [1.165, 1.54) is 11.0 Å². The van der Waals surface area contributed by atoms with Crippen molar-refractivity contribution >= 4 is 5.69 Å². The Bertz CT molecular complexity index is 949. The number of benzene rings is 2. The molecule has 29 heavy (non-hydrogen) atoms. The number of nitrogens with zero attached hydrogens (tertiary/aromatic N) is 3. The molecule has 1 aliphatic heterocycles. The van der Waals surface area contributed by atoms with Crippen molar-refractivity contribution in [3.05, 3.63) is 59.2 Å². The number of nitriles is 2. The predicted molar refractivity (Wildman–Crippen MR) is 95.9 cm³/mol. The summed E-state index contributed by atoms with van der Waals surface area (Å²) in [6.07, 6.45) is -6.00. The zero-order valence-corrected chi connectivity index (χ0v) is 15.1. The number of ether oxygens (including phenoxy) is 2. The van der Waals surface area contributed by atoms with E-state index >= 15 is 0 Å². The number of hydrogen-bond donors (Lipinski definition) is 1. The standard InChI is InChI=1S/C20H16F3N3O3/c21-20(22,23)18-7-15(4-3-14(18)9-25)26-10-17(29-19(26)11-27)12-28-16-5-1-13(8-24)2-6-16/h1-7,17,19,27H,10-12H2. The van der Waals surface area contributed by atoms with Crippen LogP contribution in [0.2, 0.25) is 0 Å². The third kappa shape index (κ3) is 4.60. The van der Waals surface area contributed by atoms with Gasteiger partial charge < -0.3 is 19.5 Å². The van der Waals surface area contributed by atoms with Crippen LogP contribution >= 0.6 is 0 Å². The number of aliphatic hydroxyl groups excluding tert-OH is 1. The number of aliphatic hydroxyl groups is 1. The Morgan fingerprint density at radius 2 is 1.86 bits per heavy atom. The van der Waals surface area contributed by atoms with Crippen LogP contribution in [0.25, 0.3) is 0 Å². The Labute approximate surface area is 164 Å². The van der Waals surface area contributed by atoms with E-state index in [-0.39, 0.29) is 18.8 Å². The Hall–Kier alpha value is -3.27. The molecular weight excluding hydrogens is 387 g/mol. The second-order valence-corrected chi connectivity index (χ2v) is 6.33. The molecule has 0 saturated carbocycles. The lowest BCUT2D eigenvalue weighted by Crippen LogP contribution is -2.33. The van der Waals surface area contributed by atoms with Crippen LogP contribution in [0.15, 0.2) is 42.5 Å². The van der Waals surface area contributed by atoms with E-state index in [2.05, 4.69) is 0 Å². The fourth-order valence-electron chi connectivity index (χ4n) is 3.04. The molecule has 0 bridgehead atoms. The van der Waals surface area contributed by atoms with Crippen LogP contribution in [0, 0.1) is 22.7 Å². The minimum Gasteiger partial charge on any atom is -0.491 e. The van der Waals surface area contributed by atoms with E-state index in [0.717, 1.165) is 12.1 Å². The van der Waals surface area contributed by atoms with E-state index in [1.54, 1.807) is 30.3 Å². The van der Waals surface area contributed by atoms with Crippen LogP contribution in [-0.4, -0.2) is 37.2 Å². The van der Waals surface area contributed by atoms with Gasteiger partial charge in [-0.1, -0.05) is 0 Å². The monoisotopic (exact) mass is 403 g/mol. The quantitative estimate of drug-likeness (QED) is 0.826. The minimum atomic E-state index is -4.67. The summed E-state index contributed by atoms with van der Waals surface area (Å²) in [5.41, 5.74) is -0.826. The minimum absolute atomic E-state index is 0.112. The first kappa shape index (κ1) is 20.5. The summed E-state index contributed by atoms with van der Waals surface area (Å²) in [6.45, 7) is -0.110. The van der Waals surface area contributed by atoms with Gasteiger partial charge in [0, 0.05) is 5.69 Å².